The Balaban J connectivity index is 1.74. The number of nitrogens with one attached hydrogen (secondary N) is 1. The number of halogens is 2. The summed E-state index contributed by atoms with van der Waals surface area (Å²) in [5.74, 6) is -0.856. The Hall–Kier alpha value is -1.47. The summed E-state index contributed by atoms with van der Waals surface area (Å²) in [6.07, 6.45) is 2.40. The maximum atomic E-state index is 13.9. The van der Waals surface area contributed by atoms with E-state index in [0.717, 1.165) is 36.8 Å². The van der Waals surface area contributed by atoms with Crippen molar-refractivity contribution in [3.8, 4) is 0 Å². The molecule has 4 nitrogen and oxygen atoms in total. The van der Waals surface area contributed by atoms with E-state index in [1.165, 1.54) is 25.0 Å². The number of sulfonamides is 1. The third-order valence-corrected chi connectivity index (χ3v) is 6.02. The van der Waals surface area contributed by atoms with Crippen LogP contribution in [0.25, 0.3) is 0 Å². The highest BCUT2D eigenvalue weighted by atomic mass is 35.5. The van der Waals surface area contributed by atoms with E-state index in [1.54, 1.807) is 0 Å². The van der Waals surface area contributed by atoms with E-state index in [9.17, 15) is 12.8 Å². The highest BCUT2D eigenvalue weighted by molar-refractivity contribution is 7.89. The van der Waals surface area contributed by atoms with Crippen LogP contribution < -0.4 is 4.72 Å². The lowest BCUT2D eigenvalue weighted by Gasteiger charge is -2.18. The van der Waals surface area contributed by atoms with Gasteiger partial charge in [0.05, 0.1) is 0 Å². The van der Waals surface area contributed by atoms with E-state index in [2.05, 4.69) is 9.62 Å². The lowest BCUT2D eigenvalue weighted by Crippen LogP contribution is -2.26. The summed E-state index contributed by atoms with van der Waals surface area (Å²) in [7, 11) is -3.95. The van der Waals surface area contributed by atoms with Gasteiger partial charge < -0.3 is 0 Å². The molecule has 0 atom stereocenters. The summed E-state index contributed by atoms with van der Waals surface area (Å²) in [4.78, 5) is 1.96. The number of benzene rings is 2. The van der Waals surface area contributed by atoms with Gasteiger partial charge in [-0.3, -0.25) is 4.90 Å². The molecule has 1 N–H and O–H groups in total. The van der Waals surface area contributed by atoms with Gasteiger partial charge in [0, 0.05) is 18.1 Å². The van der Waals surface area contributed by atoms with E-state index in [-0.39, 0.29) is 11.6 Å². The molecule has 7 heteroatoms. The van der Waals surface area contributed by atoms with Crippen molar-refractivity contribution in [3.05, 3.63) is 64.4 Å². The molecule has 0 aromatic heterocycles. The molecule has 134 valence electrons. The van der Waals surface area contributed by atoms with Gasteiger partial charge in [-0.1, -0.05) is 35.9 Å². The number of hydrogen-bond donors (Lipinski definition) is 1. The fourth-order valence-corrected chi connectivity index (χ4v) is 4.23. The Morgan fingerprint density at radius 2 is 1.76 bits per heavy atom. The Morgan fingerprint density at radius 3 is 2.44 bits per heavy atom. The van der Waals surface area contributed by atoms with E-state index >= 15 is 0 Å². The summed E-state index contributed by atoms with van der Waals surface area (Å²) in [6.45, 7) is 3.05. The lowest BCUT2D eigenvalue weighted by atomic mass is 10.1. The topological polar surface area (TPSA) is 49.4 Å². The fourth-order valence-electron chi connectivity index (χ4n) is 3.01. The molecule has 1 aliphatic heterocycles. The van der Waals surface area contributed by atoms with Crippen LogP contribution in [0.5, 0.6) is 0 Å². The molecule has 0 saturated carbocycles. The summed E-state index contributed by atoms with van der Waals surface area (Å²) >= 11 is 5.68. The zero-order chi connectivity index (χ0) is 17.9. The van der Waals surface area contributed by atoms with Crippen LogP contribution in [0.1, 0.15) is 24.0 Å². The van der Waals surface area contributed by atoms with Gasteiger partial charge in [0.1, 0.15) is 10.7 Å². The second-order valence-electron chi connectivity index (χ2n) is 6.15. The van der Waals surface area contributed by atoms with Crippen LogP contribution in [0.15, 0.2) is 47.4 Å². The van der Waals surface area contributed by atoms with E-state index < -0.39 is 20.7 Å². The molecule has 0 bridgehead atoms. The lowest BCUT2D eigenvalue weighted by molar-refractivity contribution is 0.330. The monoisotopic (exact) mass is 382 g/mol. The van der Waals surface area contributed by atoms with Crippen molar-refractivity contribution in [1.29, 1.82) is 0 Å². The molecule has 0 spiro atoms. The predicted octanol–water partition coefficient (Wildman–Crippen LogP) is 3.55. The molecule has 2 aromatic rings. The number of hydrogen-bond acceptors (Lipinski definition) is 3. The minimum Gasteiger partial charge on any atom is -0.299 e. The molecule has 1 aliphatic rings. The third kappa shape index (κ3) is 4.58. The summed E-state index contributed by atoms with van der Waals surface area (Å²) in [5, 5.41) is 0.160. The van der Waals surface area contributed by atoms with Crippen molar-refractivity contribution < 1.29 is 12.8 Å². The zero-order valence-electron chi connectivity index (χ0n) is 13.7. The first-order chi connectivity index (χ1) is 12.0. The van der Waals surface area contributed by atoms with Gasteiger partial charge in [0.25, 0.3) is 0 Å². The van der Waals surface area contributed by atoms with Crippen molar-refractivity contribution in [2.24, 2.45) is 0 Å². The predicted molar refractivity (Wildman–Crippen MR) is 96.4 cm³/mol. The molecule has 2 aromatic carbocycles. The maximum Gasteiger partial charge on any atom is 0.243 e. The van der Waals surface area contributed by atoms with Gasteiger partial charge in [-0.15, -0.1) is 0 Å². The Kier molecular flexibility index (Phi) is 5.74. The Labute approximate surface area is 152 Å². The highest BCUT2D eigenvalue weighted by Crippen LogP contribution is 2.20. The first-order valence-corrected chi connectivity index (χ1v) is 10.1. The van der Waals surface area contributed by atoms with Crippen LogP contribution in [-0.2, 0) is 23.1 Å². The molecular formula is C18H20ClFN2O2S. The molecule has 25 heavy (non-hydrogen) atoms. The van der Waals surface area contributed by atoms with Gasteiger partial charge in [0.2, 0.25) is 10.0 Å². The van der Waals surface area contributed by atoms with Crippen LogP contribution in [0.2, 0.25) is 5.02 Å². The molecule has 0 unspecified atom stereocenters. The molecular weight excluding hydrogens is 363 g/mol. The average Bonchev–Trinajstić information content (AvgIpc) is 3.07. The first kappa shape index (κ1) is 18.3. The van der Waals surface area contributed by atoms with Crippen molar-refractivity contribution >= 4 is 21.6 Å². The molecule has 1 saturated heterocycles. The van der Waals surface area contributed by atoms with Gasteiger partial charge >= 0.3 is 0 Å². The van der Waals surface area contributed by atoms with E-state index in [4.69, 9.17) is 11.6 Å². The Bertz CT molecular complexity index is 852. The third-order valence-electron chi connectivity index (χ3n) is 4.35. The zero-order valence-corrected chi connectivity index (χ0v) is 15.3. The van der Waals surface area contributed by atoms with E-state index in [0.29, 0.717) is 0 Å². The molecule has 1 heterocycles. The molecule has 0 radical (unpaired) electrons. The van der Waals surface area contributed by atoms with Crippen molar-refractivity contribution in [3.63, 3.8) is 0 Å². The van der Waals surface area contributed by atoms with Gasteiger partial charge in [-0.25, -0.2) is 17.5 Å². The van der Waals surface area contributed by atoms with Crippen molar-refractivity contribution in [2.75, 3.05) is 13.1 Å². The van der Waals surface area contributed by atoms with Crippen molar-refractivity contribution in [1.82, 2.24) is 9.62 Å². The standard InChI is InChI=1S/C18H20ClFN2O2S/c19-16-7-8-18(17(20)11-16)25(23,24)21-12-14-5-1-2-6-15(14)13-22-9-3-4-10-22/h1-2,5-8,11,21H,3-4,9-10,12-13H2. The van der Waals surface area contributed by atoms with E-state index in [1.807, 2.05) is 24.3 Å². The van der Waals surface area contributed by atoms with Gasteiger partial charge in [-0.2, -0.15) is 0 Å². The quantitative estimate of drug-likeness (QED) is 0.831. The smallest absolute Gasteiger partial charge is 0.243 e. The van der Waals surface area contributed by atoms with Gasteiger partial charge in [0.15, 0.2) is 0 Å². The van der Waals surface area contributed by atoms with Crippen LogP contribution in [0.3, 0.4) is 0 Å². The number of likely N-dealkylation sites (tertiary alicyclic amines) is 1. The molecule has 1 fully saturated rings. The SMILES string of the molecule is O=S(=O)(NCc1ccccc1CN1CCCC1)c1ccc(Cl)cc1F. The summed E-state index contributed by atoms with van der Waals surface area (Å²) < 4.78 is 41.2. The summed E-state index contributed by atoms with van der Waals surface area (Å²) in [5.41, 5.74) is 1.98. The minimum absolute atomic E-state index is 0.119. The Morgan fingerprint density at radius 1 is 1.08 bits per heavy atom. The first-order valence-electron chi connectivity index (χ1n) is 8.19. The summed E-state index contributed by atoms with van der Waals surface area (Å²) in [6, 6.07) is 11.3. The van der Waals surface area contributed by atoms with Crippen LogP contribution in [0.4, 0.5) is 4.39 Å². The normalized spacial score (nSPS) is 15.6. The molecule has 0 aliphatic carbocycles. The number of rotatable bonds is 6. The van der Waals surface area contributed by atoms with Crippen LogP contribution >= 0.6 is 11.6 Å². The van der Waals surface area contributed by atoms with Crippen LogP contribution in [0, 0.1) is 5.82 Å². The minimum atomic E-state index is -3.95. The fraction of sp³-hybridized carbons (Fsp3) is 0.333. The average molecular weight is 383 g/mol. The maximum absolute atomic E-state index is 13.9. The van der Waals surface area contributed by atoms with Gasteiger partial charge in [-0.05, 0) is 55.3 Å². The second kappa shape index (κ2) is 7.83. The molecule has 0 amide bonds. The highest BCUT2D eigenvalue weighted by Gasteiger charge is 2.20. The number of nitrogens with zero attached hydrogens (tertiary/aromatic N) is 1. The molecule has 3 rings (SSSR count). The van der Waals surface area contributed by atoms with Crippen molar-refractivity contribution in [2.45, 2.75) is 30.8 Å². The largest absolute Gasteiger partial charge is 0.299 e. The van der Waals surface area contributed by atoms with Crippen LogP contribution in [-0.4, -0.2) is 26.4 Å². The second-order valence-corrected chi connectivity index (χ2v) is 8.32.